The molecule has 0 fully saturated rings. The number of anilines is 1. The summed E-state index contributed by atoms with van der Waals surface area (Å²) in [7, 11) is 0. The Morgan fingerprint density at radius 2 is 1.87 bits per heavy atom. The number of nitrogens with zero attached hydrogens (tertiary/aromatic N) is 3. The summed E-state index contributed by atoms with van der Waals surface area (Å²) >= 11 is 1.41. The van der Waals surface area contributed by atoms with Crippen LogP contribution in [0.2, 0.25) is 0 Å². The van der Waals surface area contributed by atoms with Gasteiger partial charge in [-0.1, -0.05) is 37.7 Å². The number of nitrogens with one attached hydrogen (secondary N) is 1. The standard InChI is InChI=1S/C23H27FN4O2S/c1-4-27(5-2)14-15-30-21-9-7-6-8-19(21)26-22(29)20-16-25-23(31-3)28(20)18-12-10-17(24)11-13-18/h6-13,16H,4-5,14-15H2,1-3H3,(H,26,29). The van der Waals surface area contributed by atoms with Gasteiger partial charge in [-0.2, -0.15) is 0 Å². The molecule has 31 heavy (non-hydrogen) atoms. The number of benzene rings is 2. The number of ether oxygens (including phenoxy) is 1. The van der Waals surface area contributed by atoms with Crippen LogP contribution in [0, 0.1) is 5.82 Å². The van der Waals surface area contributed by atoms with Crippen molar-refractivity contribution in [2.45, 2.75) is 19.0 Å². The van der Waals surface area contributed by atoms with Crippen LogP contribution in [-0.4, -0.2) is 52.9 Å². The minimum absolute atomic E-state index is 0.322. The van der Waals surface area contributed by atoms with Crippen LogP contribution in [0.15, 0.2) is 59.9 Å². The zero-order valence-corrected chi connectivity index (χ0v) is 18.8. The zero-order valence-electron chi connectivity index (χ0n) is 18.0. The summed E-state index contributed by atoms with van der Waals surface area (Å²) in [4.78, 5) is 19.7. The average molecular weight is 443 g/mol. The van der Waals surface area contributed by atoms with E-state index in [0.29, 0.717) is 34.6 Å². The second kappa shape index (κ2) is 11.0. The van der Waals surface area contributed by atoms with Gasteiger partial charge in [-0.3, -0.25) is 9.36 Å². The predicted octanol–water partition coefficient (Wildman–Crippen LogP) is 4.71. The van der Waals surface area contributed by atoms with Gasteiger partial charge in [0.15, 0.2) is 5.16 Å². The molecular formula is C23H27FN4O2S. The first-order chi connectivity index (χ1) is 15.1. The highest BCUT2D eigenvalue weighted by Crippen LogP contribution is 2.26. The summed E-state index contributed by atoms with van der Waals surface area (Å²) in [6, 6.07) is 13.3. The number of rotatable bonds is 10. The maximum absolute atomic E-state index is 13.4. The molecule has 1 aromatic heterocycles. The van der Waals surface area contributed by atoms with Crippen LogP contribution >= 0.6 is 11.8 Å². The molecule has 0 aliphatic heterocycles. The van der Waals surface area contributed by atoms with E-state index >= 15 is 0 Å². The van der Waals surface area contributed by atoms with E-state index in [1.165, 1.54) is 30.1 Å². The number of carbonyl (C=O) groups excluding carboxylic acids is 1. The molecule has 1 heterocycles. The number of likely N-dealkylation sites (N-methyl/N-ethyl adjacent to an activating group) is 1. The number of carbonyl (C=O) groups is 1. The van der Waals surface area contributed by atoms with Gasteiger partial charge in [-0.25, -0.2) is 9.37 Å². The molecule has 0 aliphatic carbocycles. The second-order valence-corrected chi connectivity index (χ2v) is 7.54. The predicted molar refractivity (Wildman–Crippen MR) is 123 cm³/mol. The molecule has 3 rings (SSSR count). The molecule has 0 radical (unpaired) electrons. The van der Waals surface area contributed by atoms with Crippen LogP contribution in [0.25, 0.3) is 5.69 Å². The molecule has 0 atom stereocenters. The van der Waals surface area contributed by atoms with Crippen LogP contribution < -0.4 is 10.1 Å². The SMILES string of the molecule is CCN(CC)CCOc1ccccc1NC(=O)c1cnc(SC)n1-c1ccc(F)cc1. The van der Waals surface area contributed by atoms with E-state index in [1.54, 1.807) is 22.8 Å². The molecule has 0 bridgehead atoms. The summed E-state index contributed by atoms with van der Waals surface area (Å²) in [6.45, 7) is 7.49. The van der Waals surface area contributed by atoms with Gasteiger partial charge in [0.1, 0.15) is 23.9 Å². The van der Waals surface area contributed by atoms with E-state index in [9.17, 15) is 9.18 Å². The smallest absolute Gasteiger partial charge is 0.274 e. The summed E-state index contributed by atoms with van der Waals surface area (Å²) in [6.07, 6.45) is 3.40. The number of para-hydroxylation sites is 2. The molecule has 1 amide bonds. The van der Waals surface area contributed by atoms with E-state index in [0.717, 1.165) is 19.6 Å². The summed E-state index contributed by atoms with van der Waals surface area (Å²) in [5, 5.41) is 3.57. The third-order valence-electron chi connectivity index (χ3n) is 4.92. The van der Waals surface area contributed by atoms with Gasteiger partial charge in [0.05, 0.1) is 11.9 Å². The molecule has 2 aromatic carbocycles. The maximum atomic E-state index is 13.4. The van der Waals surface area contributed by atoms with E-state index in [2.05, 4.69) is 29.0 Å². The summed E-state index contributed by atoms with van der Waals surface area (Å²) < 4.78 is 21.0. The topological polar surface area (TPSA) is 59.4 Å². The van der Waals surface area contributed by atoms with Gasteiger partial charge in [-0.15, -0.1) is 0 Å². The zero-order chi connectivity index (χ0) is 22.2. The second-order valence-electron chi connectivity index (χ2n) is 6.77. The summed E-state index contributed by atoms with van der Waals surface area (Å²) in [5.41, 5.74) is 1.61. The Labute approximate surface area is 186 Å². The fourth-order valence-corrected chi connectivity index (χ4v) is 3.73. The Balaban J connectivity index is 1.80. The first-order valence-electron chi connectivity index (χ1n) is 10.2. The molecule has 0 saturated heterocycles. The molecule has 3 aromatic rings. The number of hydrogen-bond acceptors (Lipinski definition) is 5. The fourth-order valence-electron chi connectivity index (χ4n) is 3.19. The van der Waals surface area contributed by atoms with Crippen molar-refractivity contribution >= 4 is 23.4 Å². The lowest BCUT2D eigenvalue weighted by Gasteiger charge is -2.19. The number of aromatic nitrogens is 2. The highest BCUT2D eigenvalue weighted by molar-refractivity contribution is 7.98. The molecule has 0 unspecified atom stereocenters. The van der Waals surface area contributed by atoms with E-state index in [4.69, 9.17) is 4.74 Å². The third-order valence-corrected chi connectivity index (χ3v) is 5.58. The Hall–Kier alpha value is -2.84. The van der Waals surface area contributed by atoms with E-state index in [1.807, 2.05) is 24.5 Å². The minimum Gasteiger partial charge on any atom is -0.490 e. The molecule has 0 saturated carbocycles. The molecule has 0 aliphatic rings. The number of halogens is 1. The largest absolute Gasteiger partial charge is 0.490 e. The van der Waals surface area contributed by atoms with Crippen molar-refractivity contribution in [3.8, 4) is 11.4 Å². The fraction of sp³-hybridized carbons (Fsp3) is 0.304. The van der Waals surface area contributed by atoms with Gasteiger partial charge >= 0.3 is 0 Å². The molecule has 6 nitrogen and oxygen atoms in total. The van der Waals surface area contributed by atoms with Crippen LogP contribution in [-0.2, 0) is 0 Å². The van der Waals surface area contributed by atoms with Crippen molar-refractivity contribution in [2.24, 2.45) is 0 Å². The van der Waals surface area contributed by atoms with Crippen molar-refractivity contribution in [3.05, 3.63) is 66.2 Å². The number of amides is 1. The maximum Gasteiger partial charge on any atom is 0.274 e. The molecule has 8 heteroatoms. The van der Waals surface area contributed by atoms with E-state index < -0.39 is 0 Å². The highest BCUT2D eigenvalue weighted by atomic mass is 32.2. The van der Waals surface area contributed by atoms with Crippen LogP contribution in [0.4, 0.5) is 10.1 Å². The average Bonchev–Trinajstić information content (AvgIpc) is 3.22. The van der Waals surface area contributed by atoms with Crippen molar-refractivity contribution < 1.29 is 13.9 Å². The Morgan fingerprint density at radius 3 is 2.55 bits per heavy atom. The van der Waals surface area contributed by atoms with Gasteiger partial charge in [0.25, 0.3) is 5.91 Å². The number of thioether (sulfide) groups is 1. The Morgan fingerprint density at radius 1 is 1.16 bits per heavy atom. The van der Waals surface area contributed by atoms with Crippen molar-refractivity contribution in [2.75, 3.05) is 37.8 Å². The molecule has 164 valence electrons. The van der Waals surface area contributed by atoms with E-state index in [-0.39, 0.29) is 11.7 Å². The first-order valence-corrected chi connectivity index (χ1v) is 11.4. The monoisotopic (exact) mass is 442 g/mol. The lowest BCUT2D eigenvalue weighted by molar-refractivity contribution is 0.101. The molecule has 0 spiro atoms. The lowest BCUT2D eigenvalue weighted by atomic mass is 10.2. The van der Waals surface area contributed by atoms with Crippen molar-refractivity contribution in [1.29, 1.82) is 0 Å². The quantitative estimate of drug-likeness (QED) is 0.461. The normalized spacial score (nSPS) is 11.0. The Kier molecular flexibility index (Phi) is 8.08. The van der Waals surface area contributed by atoms with Crippen molar-refractivity contribution in [1.82, 2.24) is 14.5 Å². The van der Waals surface area contributed by atoms with Crippen molar-refractivity contribution in [3.63, 3.8) is 0 Å². The number of hydrogen-bond donors (Lipinski definition) is 1. The highest BCUT2D eigenvalue weighted by Gasteiger charge is 2.19. The van der Waals surface area contributed by atoms with Gasteiger partial charge in [0, 0.05) is 12.2 Å². The van der Waals surface area contributed by atoms with Gasteiger partial charge < -0.3 is 15.0 Å². The lowest BCUT2D eigenvalue weighted by Crippen LogP contribution is -2.28. The first kappa shape index (κ1) is 22.8. The Bertz CT molecular complexity index is 1000. The molecular weight excluding hydrogens is 415 g/mol. The third kappa shape index (κ3) is 5.65. The number of imidazole rings is 1. The molecule has 1 N–H and O–H groups in total. The summed E-state index contributed by atoms with van der Waals surface area (Å²) in [5.74, 6) is -0.0470. The van der Waals surface area contributed by atoms with Gasteiger partial charge in [0.2, 0.25) is 0 Å². The van der Waals surface area contributed by atoms with Gasteiger partial charge in [-0.05, 0) is 55.7 Å². The van der Waals surface area contributed by atoms with Crippen LogP contribution in [0.1, 0.15) is 24.3 Å². The van der Waals surface area contributed by atoms with Crippen LogP contribution in [0.3, 0.4) is 0 Å². The van der Waals surface area contributed by atoms with Crippen LogP contribution in [0.5, 0.6) is 5.75 Å². The minimum atomic E-state index is -0.337.